The van der Waals surface area contributed by atoms with Gasteiger partial charge in [-0.2, -0.15) is 9.40 Å². The lowest BCUT2D eigenvalue weighted by atomic mass is 10.2. The van der Waals surface area contributed by atoms with E-state index in [0.29, 0.717) is 13.0 Å². The molecule has 1 aromatic heterocycles. The number of sulfonamides is 1. The number of carboxylic acids is 1. The van der Waals surface area contributed by atoms with Crippen molar-refractivity contribution in [1.29, 1.82) is 0 Å². The van der Waals surface area contributed by atoms with Crippen LogP contribution in [-0.2, 0) is 10.0 Å². The van der Waals surface area contributed by atoms with Gasteiger partial charge >= 0.3 is 5.97 Å². The fraction of sp³-hybridized carbons (Fsp3) is 0.455. The monoisotopic (exact) mass is 285 g/mol. The van der Waals surface area contributed by atoms with Crippen LogP contribution >= 0.6 is 0 Å². The number of aromatic nitrogens is 2. The number of H-pyrrole nitrogens is 1. The zero-order chi connectivity index (χ0) is 14.2. The van der Waals surface area contributed by atoms with E-state index in [0.717, 1.165) is 5.57 Å². The fourth-order valence-corrected chi connectivity index (χ4v) is 3.88. The quantitative estimate of drug-likeness (QED) is 0.798. The Balaban J connectivity index is 2.48. The Morgan fingerprint density at radius 3 is 2.74 bits per heavy atom. The minimum Gasteiger partial charge on any atom is -0.476 e. The molecule has 8 heteroatoms. The van der Waals surface area contributed by atoms with Gasteiger partial charge in [-0.3, -0.25) is 5.10 Å². The molecule has 0 atom stereocenters. The highest BCUT2D eigenvalue weighted by Gasteiger charge is 2.33. The Hall–Kier alpha value is -1.67. The van der Waals surface area contributed by atoms with Gasteiger partial charge in [0.2, 0.25) is 10.0 Å². The Morgan fingerprint density at radius 1 is 1.47 bits per heavy atom. The topological polar surface area (TPSA) is 103 Å². The molecule has 1 aromatic rings. The molecule has 0 spiro atoms. The molecular formula is C11H15N3O4S. The van der Waals surface area contributed by atoms with Crippen LogP contribution in [0.15, 0.2) is 16.5 Å². The zero-order valence-corrected chi connectivity index (χ0v) is 11.5. The SMILES string of the molecule is CC1=CCCN(S(=O)(=O)c2c(C(=O)O)n[nH]c2C)C1. The van der Waals surface area contributed by atoms with Gasteiger partial charge in [-0.25, -0.2) is 13.2 Å². The largest absolute Gasteiger partial charge is 0.476 e. The molecule has 1 aliphatic rings. The van der Waals surface area contributed by atoms with E-state index in [1.165, 1.54) is 11.2 Å². The number of hydrogen-bond donors (Lipinski definition) is 2. The molecule has 0 saturated carbocycles. The van der Waals surface area contributed by atoms with Gasteiger partial charge in [0.1, 0.15) is 4.90 Å². The van der Waals surface area contributed by atoms with Crippen LogP contribution in [0.4, 0.5) is 0 Å². The number of nitrogens with zero attached hydrogens (tertiary/aromatic N) is 2. The zero-order valence-electron chi connectivity index (χ0n) is 10.7. The second kappa shape index (κ2) is 4.78. The normalized spacial score (nSPS) is 17.3. The Kier molecular flexibility index (Phi) is 3.46. The van der Waals surface area contributed by atoms with Gasteiger partial charge in [0.05, 0.1) is 5.69 Å². The molecule has 2 heterocycles. The van der Waals surface area contributed by atoms with Gasteiger partial charge in [0, 0.05) is 13.1 Å². The van der Waals surface area contributed by atoms with E-state index in [9.17, 15) is 13.2 Å². The highest BCUT2D eigenvalue weighted by atomic mass is 32.2. The van der Waals surface area contributed by atoms with Crippen molar-refractivity contribution in [3.05, 3.63) is 23.0 Å². The summed E-state index contributed by atoms with van der Waals surface area (Å²) in [6, 6.07) is 0. The lowest BCUT2D eigenvalue weighted by Gasteiger charge is -2.25. The molecule has 0 bridgehead atoms. The Morgan fingerprint density at radius 2 is 2.16 bits per heavy atom. The van der Waals surface area contributed by atoms with Crippen molar-refractivity contribution >= 4 is 16.0 Å². The minimum atomic E-state index is -3.84. The first-order valence-electron chi connectivity index (χ1n) is 5.78. The molecular weight excluding hydrogens is 270 g/mol. The maximum absolute atomic E-state index is 12.5. The van der Waals surface area contributed by atoms with E-state index >= 15 is 0 Å². The van der Waals surface area contributed by atoms with Crippen LogP contribution < -0.4 is 0 Å². The summed E-state index contributed by atoms with van der Waals surface area (Å²) in [5.74, 6) is -1.35. The van der Waals surface area contributed by atoms with Crippen molar-refractivity contribution < 1.29 is 18.3 Å². The summed E-state index contributed by atoms with van der Waals surface area (Å²) >= 11 is 0. The molecule has 0 aliphatic carbocycles. The average molecular weight is 285 g/mol. The number of nitrogens with one attached hydrogen (secondary N) is 1. The molecule has 7 nitrogen and oxygen atoms in total. The predicted octanol–water partition coefficient (Wildman–Crippen LogP) is 0.757. The molecule has 0 radical (unpaired) electrons. The van der Waals surface area contributed by atoms with Crippen molar-refractivity contribution in [2.45, 2.75) is 25.2 Å². The number of aromatic amines is 1. The predicted molar refractivity (Wildman–Crippen MR) is 67.4 cm³/mol. The Bertz CT molecular complexity index is 645. The molecule has 2 rings (SSSR count). The first kappa shape index (κ1) is 13.8. The summed E-state index contributed by atoms with van der Waals surface area (Å²) in [4.78, 5) is 10.8. The average Bonchev–Trinajstić information content (AvgIpc) is 2.72. The highest BCUT2D eigenvalue weighted by Crippen LogP contribution is 2.24. The standard InChI is InChI=1S/C11H15N3O4S/c1-7-4-3-5-14(6-7)19(17,18)10-8(2)12-13-9(10)11(15)16/h4H,3,5-6H2,1-2H3,(H,12,13)(H,15,16). The number of rotatable bonds is 3. The third-order valence-corrected chi connectivity index (χ3v) is 5.00. The lowest BCUT2D eigenvalue weighted by Crippen LogP contribution is -2.36. The third kappa shape index (κ3) is 2.41. The van der Waals surface area contributed by atoms with Crippen molar-refractivity contribution in [3.8, 4) is 0 Å². The van der Waals surface area contributed by atoms with Crippen LogP contribution in [0.2, 0.25) is 0 Å². The fourth-order valence-electron chi connectivity index (χ4n) is 2.09. The van der Waals surface area contributed by atoms with Gasteiger partial charge in [0.15, 0.2) is 5.69 Å². The van der Waals surface area contributed by atoms with E-state index in [2.05, 4.69) is 10.2 Å². The highest BCUT2D eigenvalue weighted by molar-refractivity contribution is 7.89. The molecule has 1 aliphatic heterocycles. The second-order valence-corrected chi connectivity index (χ2v) is 6.38. The molecule has 2 N–H and O–H groups in total. The smallest absolute Gasteiger partial charge is 0.357 e. The van der Waals surface area contributed by atoms with Crippen molar-refractivity contribution in [2.75, 3.05) is 13.1 Å². The van der Waals surface area contributed by atoms with E-state index < -0.39 is 21.7 Å². The van der Waals surface area contributed by atoms with Crippen LogP contribution in [0.1, 0.15) is 29.5 Å². The number of aromatic carboxylic acids is 1. The van der Waals surface area contributed by atoms with Gasteiger partial charge in [0.25, 0.3) is 0 Å². The molecule has 0 aromatic carbocycles. The number of carboxylic acid groups (broad SMARTS) is 1. The van der Waals surface area contributed by atoms with Crippen molar-refractivity contribution in [1.82, 2.24) is 14.5 Å². The summed E-state index contributed by atoms with van der Waals surface area (Å²) < 4.78 is 26.3. The van der Waals surface area contributed by atoms with E-state index in [-0.39, 0.29) is 17.1 Å². The Labute approximate surface area is 111 Å². The molecule has 19 heavy (non-hydrogen) atoms. The lowest BCUT2D eigenvalue weighted by molar-refractivity contribution is 0.0686. The third-order valence-electron chi connectivity index (χ3n) is 2.99. The summed E-state index contributed by atoms with van der Waals surface area (Å²) in [6.07, 6.45) is 2.61. The molecule has 0 fully saturated rings. The van der Waals surface area contributed by atoms with Crippen LogP contribution in [0.3, 0.4) is 0 Å². The van der Waals surface area contributed by atoms with E-state index in [1.807, 2.05) is 13.0 Å². The maximum atomic E-state index is 12.5. The minimum absolute atomic E-state index is 0.240. The van der Waals surface area contributed by atoms with Crippen LogP contribution in [-0.4, -0.2) is 47.1 Å². The van der Waals surface area contributed by atoms with Gasteiger partial charge in [-0.05, 0) is 20.3 Å². The van der Waals surface area contributed by atoms with Gasteiger partial charge < -0.3 is 5.11 Å². The maximum Gasteiger partial charge on any atom is 0.357 e. The van der Waals surface area contributed by atoms with Crippen LogP contribution in [0, 0.1) is 6.92 Å². The summed E-state index contributed by atoms with van der Waals surface area (Å²) in [5, 5.41) is 15.0. The van der Waals surface area contributed by atoms with Crippen LogP contribution in [0.5, 0.6) is 0 Å². The molecule has 104 valence electrons. The number of aryl methyl sites for hydroxylation is 1. The van der Waals surface area contributed by atoms with E-state index in [1.54, 1.807) is 0 Å². The van der Waals surface area contributed by atoms with Gasteiger partial charge in [-0.1, -0.05) is 11.6 Å². The van der Waals surface area contributed by atoms with Crippen molar-refractivity contribution in [2.24, 2.45) is 0 Å². The van der Waals surface area contributed by atoms with Gasteiger partial charge in [-0.15, -0.1) is 0 Å². The first-order chi connectivity index (χ1) is 8.84. The summed E-state index contributed by atoms with van der Waals surface area (Å²) in [5.41, 5.74) is 0.738. The van der Waals surface area contributed by atoms with Crippen molar-refractivity contribution in [3.63, 3.8) is 0 Å². The molecule has 0 amide bonds. The van der Waals surface area contributed by atoms with E-state index in [4.69, 9.17) is 5.11 Å². The first-order valence-corrected chi connectivity index (χ1v) is 7.22. The summed E-state index contributed by atoms with van der Waals surface area (Å²) in [7, 11) is -3.84. The second-order valence-electron chi connectivity index (χ2n) is 4.51. The molecule has 0 saturated heterocycles. The number of carbonyl (C=O) groups is 1. The molecule has 0 unspecified atom stereocenters. The number of hydrogen-bond acceptors (Lipinski definition) is 4. The van der Waals surface area contributed by atoms with Crippen LogP contribution in [0.25, 0.3) is 0 Å². The summed E-state index contributed by atoms with van der Waals surface area (Å²) in [6.45, 7) is 3.98.